The summed E-state index contributed by atoms with van der Waals surface area (Å²) in [5.74, 6) is -0.667. The van der Waals surface area contributed by atoms with E-state index in [-0.39, 0.29) is 11.9 Å². The molecular formula is C28H26N2O4+2. The second-order valence-electron chi connectivity index (χ2n) is 7.90. The molecule has 2 aromatic heterocycles. The molecule has 0 spiro atoms. The van der Waals surface area contributed by atoms with E-state index in [0.29, 0.717) is 24.2 Å². The van der Waals surface area contributed by atoms with Crippen LogP contribution in [0, 0.1) is 0 Å². The molecule has 0 aliphatic rings. The topological polar surface area (TPSA) is 60.4 Å². The van der Waals surface area contributed by atoms with E-state index in [4.69, 9.17) is 9.47 Å². The van der Waals surface area contributed by atoms with Crippen molar-refractivity contribution in [1.82, 2.24) is 0 Å². The van der Waals surface area contributed by atoms with Crippen LogP contribution in [0.1, 0.15) is 31.8 Å². The Balaban J connectivity index is 1.43. The maximum atomic E-state index is 11.8. The molecule has 0 atom stereocenters. The molecule has 0 N–H and O–H groups in total. The van der Waals surface area contributed by atoms with Crippen molar-refractivity contribution in [3.8, 4) is 11.1 Å². The van der Waals surface area contributed by atoms with E-state index in [9.17, 15) is 9.59 Å². The molecule has 0 fully saturated rings. The Morgan fingerprint density at radius 3 is 1.35 bits per heavy atom. The molecule has 0 saturated carbocycles. The van der Waals surface area contributed by atoms with Crippen molar-refractivity contribution < 1.29 is 28.2 Å². The molecule has 0 unspecified atom stereocenters. The van der Waals surface area contributed by atoms with Crippen LogP contribution < -0.4 is 9.13 Å². The molecule has 2 aromatic carbocycles. The van der Waals surface area contributed by atoms with Gasteiger partial charge in [-0.25, -0.2) is 18.7 Å². The van der Waals surface area contributed by atoms with E-state index < -0.39 is 0 Å². The van der Waals surface area contributed by atoms with Crippen LogP contribution in [0.5, 0.6) is 0 Å². The highest BCUT2D eigenvalue weighted by Gasteiger charge is 2.11. The highest BCUT2D eigenvalue weighted by atomic mass is 16.5. The minimum Gasteiger partial charge on any atom is -0.465 e. The third-order valence-corrected chi connectivity index (χ3v) is 5.54. The molecule has 0 bridgehead atoms. The third-order valence-electron chi connectivity index (χ3n) is 5.54. The summed E-state index contributed by atoms with van der Waals surface area (Å²) in [6.07, 6.45) is 8.11. The van der Waals surface area contributed by atoms with Gasteiger partial charge in [0.25, 0.3) is 0 Å². The van der Waals surface area contributed by atoms with Crippen molar-refractivity contribution >= 4 is 11.9 Å². The summed E-state index contributed by atoms with van der Waals surface area (Å²) in [5, 5.41) is 0. The normalized spacial score (nSPS) is 10.5. The van der Waals surface area contributed by atoms with Crippen LogP contribution in [0.3, 0.4) is 0 Å². The van der Waals surface area contributed by atoms with Gasteiger partial charge in [0.2, 0.25) is 0 Å². The number of pyridine rings is 2. The van der Waals surface area contributed by atoms with Gasteiger partial charge in [0.05, 0.1) is 25.3 Å². The van der Waals surface area contributed by atoms with Gasteiger partial charge in [-0.1, -0.05) is 24.3 Å². The van der Waals surface area contributed by atoms with Gasteiger partial charge in [-0.15, -0.1) is 0 Å². The van der Waals surface area contributed by atoms with Gasteiger partial charge >= 0.3 is 11.9 Å². The Hall–Kier alpha value is -4.32. The molecule has 0 saturated heterocycles. The summed E-state index contributed by atoms with van der Waals surface area (Å²) >= 11 is 0. The Kier molecular flexibility index (Phi) is 7.08. The second kappa shape index (κ2) is 10.5. The summed E-state index contributed by atoms with van der Waals surface area (Å²) < 4.78 is 13.7. The standard InChI is InChI=1S/C28H26N2O4/c1-33-27(31)25-7-3-5-21(17-25)19-29-13-9-23(10-14-29)24-11-15-30(16-12-24)20-22-6-4-8-26(18-22)28(32)34-2/h3-18H,19-20H2,1-2H3/q+2. The van der Waals surface area contributed by atoms with E-state index in [1.807, 2.05) is 61.2 Å². The Bertz CT molecular complexity index is 1200. The number of hydrogen-bond acceptors (Lipinski definition) is 4. The van der Waals surface area contributed by atoms with Crippen LogP contribution in [0.4, 0.5) is 0 Å². The van der Waals surface area contributed by atoms with Crippen molar-refractivity contribution in [2.45, 2.75) is 13.1 Å². The lowest BCUT2D eigenvalue weighted by molar-refractivity contribution is -0.688. The van der Waals surface area contributed by atoms with Gasteiger partial charge in [-0.3, -0.25) is 0 Å². The van der Waals surface area contributed by atoms with E-state index in [1.165, 1.54) is 14.2 Å². The number of carbonyl (C=O) groups is 2. The summed E-state index contributed by atoms with van der Waals surface area (Å²) in [4.78, 5) is 23.5. The van der Waals surface area contributed by atoms with Gasteiger partial charge in [-0.2, -0.15) is 0 Å². The van der Waals surface area contributed by atoms with Gasteiger partial charge < -0.3 is 9.47 Å². The Labute approximate surface area is 198 Å². The lowest BCUT2D eigenvalue weighted by Crippen LogP contribution is -2.33. The fourth-order valence-electron chi connectivity index (χ4n) is 3.76. The lowest BCUT2D eigenvalue weighted by Gasteiger charge is -2.04. The van der Waals surface area contributed by atoms with Crippen LogP contribution >= 0.6 is 0 Å². The zero-order valence-corrected chi connectivity index (χ0v) is 19.2. The number of nitrogens with zero attached hydrogens (tertiary/aromatic N) is 2. The third kappa shape index (κ3) is 5.53. The summed E-state index contributed by atoms with van der Waals surface area (Å²) in [6.45, 7) is 1.31. The maximum Gasteiger partial charge on any atom is 0.337 e. The van der Waals surface area contributed by atoms with E-state index in [0.717, 1.165) is 22.3 Å². The number of aromatic nitrogens is 2. The van der Waals surface area contributed by atoms with E-state index >= 15 is 0 Å². The summed E-state index contributed by atoms with van der Waals surface area (Å²) in [6, 6.07) is 23.2. The average molecular weight is 455 g/mol. The van der Waals surface area contributed by atoms with Gasteiger partial charge in [0.15, 0.2) is 37.9 Å². The highest BCUT2D eigenvalue weighted by Crippen LogP contribution is 2.16. The summed E-state index contributed by atoms with van der Waals surface area (Å²) in [5.41, 5.74) is 5.37. The number of ether oxygens (including phenoxy) is 2. The predicted octanol–water partition coefficient (Wildman–Crippen LogP) is 3.60. The minimum atomic E-state index is -0.334. The number of rotatable bonds is 7. The number of hydrogen-bond donors (Lipinski definition) is 0. The minimum absolute atomic E-state index is 0.334. The number of esters is 2. The Morgan fingerprint density at radius 2 is 1.00 bits per heavy atom. The number of benzene rings is 2. The maximum absolute atomic E-state index is 11.8. The SMILES string of the molecule is COC(=O)c1cccc(C[n+]2ccc(-c3cc[n+](Cc4cccc(C(=O)OC)c4)cc3)cc2)c1. The van der Waals surface area contributed by atoms with Crippen molar-refractivity contribution in [2.24, 2.45) is 0 Å². The van der Waals surface area contributed by atoms with Crippen molar-refractivity contribution in [2.75, 3.05) is 14.2 Å². The summed E-state index contributed by atoms with van der Waals surface area (Å²) in [7, 11) is 2.77. The monoisotopic (exact) mass is 454 g/mol. The lowest BCUT2D eigenvalue weighted by atomic mass is 10.1. The molecule has 0 radical (unpaired) electrons. The van der Waals surface area contributed by atoms with E-state index in [1.54, 1.807) is 12.1 Å². The van der Waals surface area contributed by atoms with Gasteiger partial charge in [0, 0.05) is 35.4 Å². The zero-order chi connectivity index (χ0) is 23.9. The average Bonchev–Trinajstić information content (AvgIpc) is 2.89. The molecule has 0 aliphatic carbocycles. The van der Waals surface area contributed by atoms with Crippen molar-refractivity contribution in [3.05, 3.63) is 120 Å². The van der Waals surface area contributed by atoms with Crippen LogP contribution in [0.25, 0.3) is 11.1 Å². The number of methoxy groups -OCH3 is 2. The largest absolute Gasteiger partial charge is 0.465 e. The zero-order valence-electron chi connectivity index (χ0n) is 19.2. The molecule has 4 rings (SSSR count). The molecule has 4 aromatic rings. The van der Waals surface area contributed by atoms with Crippen molar-refractivity contribution in [1.29, 1.82) is 0 Å². The molecule has 0 amide bonds. The molecule has 34 heavy (non-hydrogen) atoms. The van der Waals surface area contributed by atoms with Gasteiger partial charge in [-0.05, 0) is 35.4 Å². The quantitative estimate of drug-likeness (QED) is 0.316. The molecular weight excluding hydrogens is 428 g/mol. The van der Waals surface area contributed by atoms with Crippen molar-refractivity contribution in [3.63, 3.8) is 0 Å². The van der Waals surface area contributed by atoms with Crippen LogP contribution in [-0.4, -0.2) is 26.2 Å². The Morgan fingerprint density at radius 1 is 0.618 bits per heavy atom. The first-order chi connectivity index (χ1) is 16.6. The second-order valence-corrected chi connectivity index (χ2v) is 7.90. The highest BCUT2D eigenvalue weighted by molar-refractivity contribution is 5.89. The molecule has 6 nitrogen and oxygen atoms in total. The van der Waals surface area contributed by atoms with Gasteiger partial charge in [0.1, 0.15) is 0 Å². The van der Waals surface area contributed by atoms with Crippen LogP contribution in [-0.2, 0) is 22.6 Å². The smallest absolute Gasteiger partial charge is 0.337 e. The van der Waals surface area contributed by atoms with Crippen LogP contribution in [0.15, 0.2) is 97.6 Å². The first-order valence-electron chi connectivity index (χ1n) is 10.9. The molecule has 0 aliphatic heterocycles. The molecule has 2 heterocycles. The number of carbonyl (C=O) groups excluding carboxylic acids is 2. The fraction of sp³-hybridized carbons (Fsp3) is 0.143. The van der Waals surface area contributed by atoms with E-state index in [2.05, 4.69) is 33.4 Å². The first kappa shape index (κ1) is 22.9. The van der Waals surface area contributed by atoms with Crippen LogP contribution in [0.2, 0.25) is 0 Å². The first-order valence-corrected chi connectivity index (χ1v) is 10.9. The predicted molar refractivity (Wildman–Crippen MR) is 126 cm³/mol. The molecule has 170 valence electrons. The fourth-order valence-corrected chi connectivity index (χ4v) is 3.76. The molecule has 6 heteroatoms.